The number of amides is 1. The monoisotopic (exact) mass is 322 g/mol. The summed E-state index contributed by atoms with van der Waals surface area (Å²) in [7, 11) is 0. The Labute approximate surface area is 133 Å². The van der Waals surface area contributed by atoms with E-state index < -0.39 is 17.7 Å². The Morgan fingerprint density at radius 2 is 2.00 bits per heavy atom. The van der Waals surface area contributed by atoms with E-state index in [1.165, 1.54) is 12.1 Å². The Morgan fingerprint density at radius 1 is 1.30 bits per heavy atom. The molecule has 0 bridgehead atoms. The van der Waals surface area contributed by atoms with Crippen molar-refractivity contribution in [2.75, 3.05) is 0 Å². The smallest absolute Gasteiger partial charge is 0.404 e. The quantitative estimate of drug-likeness (QED) is 0.790. The van der Waals surface area contributed by atoms with E-state index in [4.69, 9.17) is 5.11 Å². The van der Waals surface area contributed by atoms with Gasteiger partial charge in [-0.3, -0.25) is 0 Å². The number of halogens is 2. The van der Waals surface area contributed by atoms with Gasteiger partial charge in [0.1, 0.15) is 11.6 Å². The largest absolute Gasteiger partial charge is 0.465 e. The van der Waals surface area contributed by atoms with Gasteiger partial charge >= 0.3 is 6.09 Å². The lowest BCUT2D eigenvalue weighted by molar-refractivity contribution is 0.174. The number of benzene rings is 1. The number of rotatable bonds is 4. The van der Waals surface area contributed by atoms with Gasteiger partial charge in [-0.2, -0.15) is 0 Å². The van der Waals surface area contributed by atoms with E-state index in [1.54, 1.807) is 12.3 Å². The fourth-order valence-electron chi connectivity index (χ4n) is 2.38. The molecule has 2 aromatic rings. The third kappa shape index (κ3) is 4.31. The van der Waals surface area contributed by atoms with Gasteiger partial charge in [0, 0.05) is 29.6 Å². The highest BCUT2D eigenvalue weighted by Crippen LogP contribution is 2.26. The molecule has 0 aliphatic rings. The molecule has 23 heavy (non-hydrogen) atoms. The summed E-state index contributed by atoms with van der Waals surface area (Å²) in [4.78, 5) is 13.9. The van der Waals surface area contributed by atoms with Crippen molar-refractivity contribution in [2.45, 2.75) is 33.2 Å². The van der Waals surface area contributed by atoms with Crippen molar-refractivity contribution < 1.29 is 18.7 Å². The van der Waals surface area contributed by atoms with Gasteiger partial charge in [0.15, 0.2) is 0 Å². The van der Waals surface area contributed by atoms with E-state index in [0.29, 0.717) is 12.1 Å². The normalized spacial score (nSPS) is 12.9. The van der Waals surface area contributed by atoms with Crippen molar-refractivity contribution in [2.24, 2.45) is 5.41 Å². The molecule has 0 saturated heterocycles. The van der Waals surface area contributed by atoms with E-state index in [0.717, 1.165) is 11.6 Å². The van der Waals surface area contributed by atoms with Crippen molar-refractivity contribution in [1.82, 2.24) is 10.3 Å². The molecule has 1 unspecified atom stereocenters. The molecule has 6 heteroatoms. The van der Waals surface area contributed by atoms with Crippen LogP contribution < -0.4 is 5.32 Å². The van der Waals surface area contributed by atoms with E-state index in [2.05, 4.69) is 10.3 Å². The Balaban J connectivity index is 2.22. The van der Waals surface area contributed by atoms with Gasteiger partial charge < -0.3 is 15.4 Å². The van der Waals surface area contributed by atoms with Gasteiger partial charge in [0.05, 0.1) is 0 Å². The summed E-state index contributed by atoms with van der Waals surface area (Å²) in [6, 6.07) is 4.86. The maximum Gasteiger partial charge on any atom is 0.404 e. The zero-order valence-corrected chi connectivity index (χ0v) is 13.3. The number of carbonyl (C=O) groups is 1. The van der Waals surface area contributed by atoms with Crippen LogP contribution in [0.15, 0.2) is 30.5 Å². The minimum absolute atomic E-state index is 0.267. The first-order valence-corrected chi connectivity index (χ1v) is 7.29. The van der Waals surface area contributed by atoms with Gasteiger partial charge in [-0.05, 0) is 35.6 Å². The second-order valence-corrected chi connectivity index (χ2v) is 6.62. The average molecular weight is 322 g/mol. The van der Waals surface area contributed by atoms with Crippen molar-refractivity contribution in [3.05, 3.63) is 47.7 Å². The molecule has 1 heterocycles. The molecule has 4 nitrogen and oxygen atoms in total. The summed E-state index contributed by atoms with van der Waals surface area (Å²) < 4.78 is 26.8. The Hall–Kier alpha value is -2.37. The van der Waals surface area contributed by atoms with Crippen LogP contribution in [0.4, 0.5) is 13.6 Å². The molecular weight excluding hydrogens is 302 g/mol. The average Bonchev–Trinajstić information content (AvgIpc) is 2.84. The molecule has 2 rings (SSSR count). The van der Waals surface area contributed by atoms with Crippen LogP contribution in [0.3, 0.4) is 0 Å². The van der Waals surface area contributed by atoms with Gasteiger partial charge in [-0.1, -0.05) is 20.8 Å². The molecule has 0 fully saturated rings. The molecule has 0 saturated carbocycles. The van der Waals surface area contributed by atoms with Gasteiger partial charge in [-0.15, -0.1) is 0 Å². The SMILES string of the molecule is CC(C)(C)C(Cc1c[nH]c(-c2ccc(F)cc2F)c1)NC(=O)O. The molecule has 0 aliphatic carbocycles. The molecule has 1 aromatic heterocycles. The number of aromatic nitrogens is 1. The standard InChI is InChI=1S/C17H20F2N2O2/c1-17(2,3)15(21-16(22)23)7-10-6-14(20-9-10)12-5-4-11(18)8-13(12)19/h4-6,8-9,15,20-21H,7H2,1-3H3,(H,22,23). The summed E-state index contributed by atoms with van der Waals surface area (Å²) in [6.07, 6.45) is 1.10. The van der Waals surface area contributed by atoms with Crippen molar-refractivity contribution in [1.29, 1.82) is 0 Å². The summed E-state index contributed by atoms with van der Waals surface area (Å²) in [5, 5.41) is 11.5. The lowest BCUT2D eigenvalue weighted by atomic mass is 9.83. The number of aromatic amines is 1. The van der Waals surface area contributed by atoms with Gasteiger partial charge in [0.25, 0.3) is 0 Å². The molecule has 1 atom stereocenters. The molecule has 0 spiro atoms. The molecule has 0 radical (unpaired) electrons. The summed E-state index contributed by atoms with van der Waals surface area (Å²) in [6.45, 7) is 5.84. The summed E-state index contributed by atoms with van der Waals surface area (Å²) in [5.74, 6) is -1.27. The van der Waals surface area contributed by atoms with E-state index in [9.17, 15) is 13.6 Å². The number of carboxylic acid groups (broad SMARTS) is 1. The topological polar surface area (TPSA) is 65.1 Å². The fraction of sp³-hybridized carbons (Fsp3) is 0.353. The molecule has 1 amide bonds. The van der Waals surface area contributed by atoms with Crippen LogP contribution in [0.25, 0.3) is 11.3 Å². The predicted molar refractivity (Wildman–Crippen MR) is 84.3 cm³/mol. The van der Waals surface area contributed by atoms with Gasteiger partial charge in [-0.25, -0.2) is 13.6 Å². The third-order valence-corrected chi connectivity index (χ3v) is 3.75. The maximum atomic E-state index is 13.8. The van der Waals surface area contributed by atoms with E-state index >= 15 is 0 Å². The third-order valence-electron chi connectivity index (χ3n) is 3.75. The Bertz CT molecular complexity index is 705. The van der Waals surface area contributed by atoms with Crippen LogP contribution in [0, 0.1) is 17.0 Å². The minimum Gasteiger partial charge on any atom is -0.465 e. The highest BCUT2D eigenvalue weighted by molar-refractivity contribution is 5.65. The second kappa shape index (κ2) is 6.40. The van der Waals surface area contributed by atoms with Crippen molar-refractivity contribution in [3.63, 3.8) is 0 Å². The van der Waals surface area contributed by atoms with Gasteiger partial charge in [0.2, 0.25) is 0 Å². The number of H-pyrrole nitrogens is 1. The predicted octanol–water partition coefficient (Wildman–Crippen LogP) is 4.18. The highest BCUT2D eigenvalue weighted by atomic mass is 19.1. The maximum absolute atomic E-state index is 13.8. The van der Waals surface area contributed by atoms with Crippen LogP contribution in [-0.4, -0.2) is 22.2 Å². The Kier molecular flexibility index (Phi) is 4.73. The lowest BCUT2D eigenvalue weighted by Crippen LogP contribution is -2.44. The van der Waals surface area contributed by atoms with E-state index in [-0.39, 0.29) is 17.0 Å². The van der Waals surface area contributed by atoms with Crippen molar-refractivity contribution >= 4 is 6.09 Å². The van der Waals surface area contributed by atoms with Crippen LogP contribution in [0.1, 0.15) is 26.3 Å². The fourth-order valence-corrected chi connectivity index (χ4v) is 2.38. The zero-order chi connectivity index (χ0) is 17.2. The van der Waals surface area contributed by atoms with Crippen molar-refractivity contribution in [3.8, 4) is 11.3 Å². The highest BCUT2D eigenvalue weighted by Gasteiger charge is 2.26. The number of nitrogens with one attached hydrogen (secondary N) is 2. The first-order valence-electron chi connectivity index (χ1n) is 7.29. The first kappa shape index (κ1) is 17.0. The molecule has 1 aromatic carbocycles. The zero-order valence-electron chi connectivity index (χ0n) is 13.3. The molecule has 3 N–H and O–H groups in total. The summed E-state index contributed by atoms with van der Waals surface area (Å²) in [5.41, 5.74) is 1.38. The minimum atomic E-state index is -1.08. The van der Waals surface area contributed by atoms with Crippen LogP contribution in [0.5, 0.6) is 0 Å². The first-order chi connectivity index (χ1) is 10.7. The molecular formula is C17H20F2N2O2. The lowest BCUT2D eigenvalue weighted by Gasteiger charge is -2.30. The number of hydrogen-bond acceptors (Lipinski definition) is 1. The van der Waals surface area contributed by atoms with E-state index in [1.807, 2.05) is 20.8 Å². The number of hydrogen-bond donors (Lipinski definition) is 3. The Morgan fingerprint density at radius 3 is 2.57 bits per heavy atom. The second-order valence-electron chi connectivity index (χ2n) is 6.62. The van der Waals surface area contributed by atoms with Crippen LogP contribution in [0.2, 0.25) is 0 Å². The summed E-state index contributed by atoms with van der Waals surface area (Å²) >= 11 is 0. The van der Waals surface area contributed by atoms with Crippen LogP contribution in [-0.2, 0) is 6.42 Å². The molecule has 0 aliphatic heterocycles. The van der Waals surface area contributed by atoms with Crippen LogP contribution >= 0.6 is 0 Å². The molecule has 124 valence electrons.